The van der Waals surface area contributed by atoms with Gasteiger partial charge in [0.25, 0.3) is 0 Å². The second kappa shape index (κ2) is 8.10. The summed E-state index contributed by atoms with van der Waals surface area (Å²) >= 11 is 0. The van der Waals surface area contributed by atoms with E-state index in [2.05, 4.69) is 37.9 Å². The molecule has 1 saturated heterocycles. The van der Waals surface area contributed by atoms with E-state index in [0.29, 0.717) is 6.04 Å². The highest BCUT2D eigenvalue weighted by Crippen LogP contribution is 2.17. The number of hydrogen-bond donors (Lipinski definition) is 1. The number of hydrogen-bond acceptors (Lipinski definition) is 2. The molecule has 0 aromatic heterocycles. The number of piperidine rings is 1. The Balaban J connectivity index is 2.40. The lowest BCUT2D eigenvalue weighted by molar-refractivity contribution is 0.151. The summed E-state index contributed by atoms with van der Waals surface area (Å²) in [5, 5.41) is 3.74. The quantitative estimate of drug-likeness (QED) is 0.735. The predicted octanol–water partition coefficient (Wildman–Crippen LogP) is 3.13. The van der Waals surface area contributed by atoms with Gasteiger partial charge in [0.1, 0.15) is 0 Å². The van der Waals surface area contributed by atoms with Crippen LogP contribution >= 0.6 is 0 Å². The van der Waals surface area contributed by atoms with Gasteiger partial charge in [-0.15, -0.1) is 0 Å². The molecule has 0 aromatic carbocycles. The minimum atomic E-state index is 0.685. The Labute approximate surface area is 108 Å². The molecule has 3 unspecified atom stereocenters. The lowest BCUT2D eigenvalue weighted by Gasteiger charge is -2.35. The lowest BCUT2D eigenvalue weighted by Crippen LogP contribution is -2.47. The van der Waals surface area contributed by atoms with Crippen molar-refractivity contribution in [1.29, 1.82) is 0 Å². The fraction of sp³-hybridized carbons (Fsp3) is 1.00. The van der Waals surface area contributed by atoms with Gasteiger partial charge in [-0.1, -0.05) is 34.1 Å². The molecule has 1 N–H and O–H groups in total. The minimum absolute atomic E-state index is 0.685. The maximum absolute atomic E-state index is 3.74. The molecule has 0 saturated carbocycles. The zero-order chi connectivity index (χ0) is 12.7. The van der Waals surface area contributed by atoms with Gasteiger partial charge in [-0.2, -0.15) is 0 Å². The zero-order valence-corrected chi connectivity index (χ0v) is 12.3. The summed E-state index contributed by atoms with van der Waals surface area (Å²) in [4.78, 5) is 2.67. The summed E-state index contributed by atoms with van der Waals surface area (Å²) in [6.45, 7) is 14.4. The van der Waals surface area contributed by atoms with Crippen LogP contribution < -0.4 is 5.32 Å². The monoisotopic (exact) mass is 240 g/mol. The molecule has 0 spiro atoms. The van der Waals surface area contributed by atoms with Crippen molar-refractivity contribution in [2.75, 3.05) is 26.2 Å². The van der Waals surface area contributed by atoms with E-state index in [1.54, 1.807) is 0 Å². The highest BCUT2D eigenvalue weighted by Gasteiger charge is 2.22. The van der Waals surface area contributed by atoms with Gasteiger partial charge in [0.2, 0.25) is 0 Å². The third-order valence-corrected chi connectivity index (χ3v) is 4.18. The molecule has 1 fully saturated rings. The van der Waals surface area contributed by atoms with Crippen molar-refractivity contribution in [2.24, 2.45) is 11.8 Å². The van der Waals surface area contributed by atoms with Gasteiger partial charge in [-0.25, -0.2) is 0 Å². The van der Waals surface area contributed by atoms with E-state index in [4.69, 9.17) is 0 Å². The van der Waals surface area contributed by atoms with E-state index in [-0.39, 0.29) is 0 Å². The summed E-state index contributed by atoms with van der Waals surface area (Å²) in [5.74, 6) is 1.69. The first-order chi connectivity index (χ1) is 8.17. The molecule has 1 aliphatic heterocycles. The smallest absolute Gasteiger partial charge is 0.0220 e. The van der Waals surface area contributed by atoms with Crippen LogP contribution in [0.4, 0.5) is 0 Å². The molecule has 0 amide bonds. The molecule has 102 valence electrons. The zero-order valence-electron chi connectivity index (χ0n) is 12.3. The third kappa shape index (κ3) is 5.39. The van der Waals surface area contributed by atoms with Gasteiger partial charge in [-0.3, -0.25) is 0 Å². The van der Waals surface area contributed by atoms with Gasteiger partial charge in [0.15, 0.2) is 0 Å². The first kappa shape index (κ1) is 15.0. The standard InChI is InChI=1S/C15H32N2/c1-5-9-16-15(14(4)6-2)12-17-10-7-8-13(3)11-17/h13-16H,5-12H2,1-4H3. The second-order valence-electron chi connectivity index (χ2n) is 5.95. The Bertz CT molecular complexity index is 193. The Kier molecular flexibility index (Phi) is 7.14. The van der Waals surface area contributed by atoms with Crippen LogP contribution in [-0.4, -0.2) is 37.1 Å². The predicted molar refractivity (Wildman–Crippen MR) is 76.4 cm³/mol. The van der Waals surface area contributed by atoms with Crippen LogP contribution in [0.1, 0.15) is 53.4 Å². The molecule has 17 heavy (non-hydrogen) atoms. The lowest BCUT2D eigenvalue weighted by atomic mass is 9.95. The van der Waals surface area contributed by atoms with Gasteiger partial charge in [0.05, 0.1) is 0 Å². The molecular formula is C15H32N2. The molecule has 0 bridgehead atoms. The van der Waals surface area contributed by atoms with Crippen LogP contribution in [-0.2, 0) is 0 Å². The van der Waals surface area contributed by atoms with Crippen LogP contribution in [0.15, 0.2) is 0 Å². The Morgan fingerprint density at radius 2 is 2.12 bits per heavy atom. The highest BCUT2D eigenvalue weighted by molar-refractivity contribution is 4.79. The molecule has 1 heterocycles. The number of nitrogens with zero attached hydrogens (tertiary/aromatic N) is 1. The van der Waals surface area contributed by atoms with Gasteiger partial charge in [-0.05, 0) is 44.2 Å². The molecule has 0 aliphatic carbocycles. The molecular weight excluding hydrogens is 208 g/mol. The Morgan fingerprint density at radius 3 is 2.71 bits per heavy atom. The average molecular weight is 240 g/mol. The van der Waals surface area contributed by atoms with Crippen LogP contribution in [0.2, 0.25) is 0 Å². The summed E-state index contributed by atoms with van der Waals surface area (Å²) in [6, 6.07) is 0.685. The summed E-state index contributed by atoms with van der Waals surface area (Å²) in [7, 11) is 0. The molecule has 1 rings (SSSR count). The van der Waals surface area contributed by atoms with Crippen molar-refractivity contribution in [3.8, 4) is 0 Å². The fourth-order valence-corrected chi connectivity index (χ4v) is 2.79. The first-order valence-corrected chi connectivity index (χ1v) is 7.63. The van der Waals surface area contributed by atoms with Gasteiger partial charge >= 0.3 is 0 Å². The van der Waals surface area contributed by atoms with Crippen molar-refractivity contribution in [3.63, 3.8) is 0 Å². The maximum Gasteiger partial charge on any atom is 0.0220 e. The normalized spacial score (nSPS) is 25.8. The Morgan fingerprint density at radius 1 is 1.35 bits per heavy atom. The molecule has 3 atom stereocenters. The van der Waals surface area contributed by atoms with Crippen LogP contribution in [0.3, 0.4) is 0 Å². The van der Waals surface area contributed by atoms with E-state index < -0.39 is 0 Å². The van der Waals surface area contributed by atoms with Crippen LogP contribution in [0.25, 0.3) is 0 Å². The van der Waals surface area contributed by atoms with Crippen molar-refractivity contribution >= 4 is 0 Å². The maximum atomic E-state index is 3.74. The summed E-state index contributed by atoms with van der Waals surface area (Å²) in [5.41, 5.74) is 0. The van der Waals surface area contributed by atoms with Gasteiger partial charge < -0.3 is 10.2 Å². The number of nitrogens with one attached hydrogen (secondary N) is 1. The summed E-state index contributed by atoms with van der Waals surface area (Å²) < 4.78 is 0. The fourth-order valence-electron chi connectivity index (χ4n) is 2.79. The van der Waals surface area contributed by atoms with E-state index in [9.17, 15) is 0 Å². The number of likely N-dealkylation sites (tertiary alicyclic amines) is 1. The van der Waals surface area contributed by atoms with E-state index in [0.717, 1.165) is 11.8 Å². The average Bonchev–Trinajstić information content (AvgIpc) is 2.33. The SMILES string of the molecule is CCCNC(CN1CCCC(C)C1)C(C)CC. The van der Waals surface area contributed by atoms with Crippen molar-refractivity contribution in [2.45, 2.75) is 59.4 Å². The van der Waals surface area contributed by atoms with E-state index in [1.165, 1.54) is 51.9 Å². The van der Waals surface area contributed by atoms with Crippen molar-refractivity contribution in [3.05, 3.63) is 0 Å². The Hall–Kier alpha value is -0.0800. The highest BCUT2D eigenvalue weighted by atomic mass is 15.2. The first-order valence-electron chi connectivity index (χ1n) is 7.63. The van der Waals surface area contributed by atoms with Crippen LogP contribution in [0.5, 0.6) is 0 Å². The minimum Gasteiger partial charge on any atom is -0.312 e. The third-order valence-electron chi connectivity index (χ3n) is 4.18. The molecule has 1 aliphatic rings. The molecule has 0 radical (unpaired) electrons. The van der Waals surface area contributed by atoms with E-state index in [1.807, 2.05) is 0 Å². The van der Waals surface area contributed by atoms with Crippen molar-refractivity contribution < 1.29 is 0 Å². The molecule has 2 nitrogen and oxygen atoms in total. The summed E-state index contributed by atoms with van der Waals surface area (Å²) in [6.07, 6.45) is 5.34. The largest absolute Gasteiger partial charge is 0.312 e. The van der Waals surface area contributed by atoms with Crippen LogP contribution in [0, 0.1) is 11.8 Å². The molecule has 0 aromatic rings. The van der Waals surface area contributed by atoms with Crippen molar-refractivity contribution in [1.82, 2.24) is 10.2 Å². The number of rotatable bonds is 7. The second-order valence-corrected chi connectivity index (χ2v) is 5.95. The topological polar surface area (TPSA) is 15.3 Å². The molecule has 2 heteroatoms. The van der Waals surface area contributed by atoms with E-state index >= 15 is 0 Å². The van der Waals surface area contributed by atoms with Gasteiger partial charge in [0, 0.05) is 19.1 Å².